The number of amides is 1. The van der Waals surface area contributed by atoms with E-state index in [1.165, 1.54) is 12.1 Å². The SMILES string of the molecule is N#Cc1cccc(-c2cccnc2C(Cc2cc(F)cc(Cl)c2)NC(=O)Cc2c[nH]c3ccc(O)cc23)c1. The fourth-order valence-corrected chi connectivity index (χ4v) is 4.85. The van der Waals surface area contributed by atoms with E-state index in [9.17, 15) is 19.6 Å². The Morgan fingerprint density at radius 1 is 1.13 bits per heavy atom. The van der Waals surface area contributed by atoms with E-state index in [1.54, 1.807) is 60.9 Å². The second-order valence-electron chi connectivity index (χ2n) is 8.95. The van der Waals surface area contributed by atoms with Crippen LogP contribution in [-0.2, 0) is 17.6 Å². The summed E-state index contributed by atoms with van der Waals surface area (Å²) in [5, 5.41) is 23.4. The lowest BCUT2D eigenvalue weighted by Gasteiger charge is -2.22. The van der Waals surface area contributed by atoms with Gasteiger partial charge in [-0.05, 0) is 77.7 Å². The lowest BCUT2D eigenvalue weighted by molar-refractivity contribution is -0.121. The normalized spacial score (nSPS) is 11.7. The van der Waals surface area contributed by atoms with Gasteiger partial charge in [0, 0.05) is 33.9 Å². The number of rotatable bonds is 7. The van der Waals surface area contributed by atoms with Gasteiger partial charge in [-0.1, -0.05) is 29.8 Å². The zero-order valence-electron chi connectivity index (χ0n) is 20.1. The van der Waals surface area contributed by atoms with E-state index in [4.69, 9.17) is 11.6 Å². The first kappa shape index (κ1) is 25.0. The number of hydrogen-bond donors (Lipinski definition) is 3. The van der Waals surface area contributed by atoms with Gasteiger partial charge in [0.25, 0.3) is 0 Å². The molecule has 38 heavy (non-hydrogen) atoms. The standard InChI is InChI=1S/C30H22ClFN4O2/c31-22-10-19(11-23(32)14-22)12-28(30-25(5-2-8-34-30)20-4-1-3-18(9-20)16-33)36-29(38)13-21-17-35-27-7-6-24(37)15-26(21)27/h1-11,14-15,17,28,35,37H,12-13H2,(H,36,38). The van der Waals surface area contributed by atoms with E-state index in [2.05, 4.69) is 21.4 Å². The van der Waals surface area contributed by atoms with Gasteiger partial charge in [0.15, 0.2) is 0 Å². The Morgan fingerprint density at radius 2 is 2.00 bits per heavy atom. The van der Waals surface area contributed by atoms with E-state index < -0.39 is 11.9 Å². The molecule has 0 saturated carbocycles. The first-order valence-corrected chi connectivity index (χ1v) is 12.3. The summed E-state index contributed by atoms with van der Waals surface area (Å²) in [6.07, 6.45) is 3.66. The molecule has 5 rings (SSSR count). The van der Waals surface area contributed by atoms with Crippen molar-refractivity contribution in [3.05, 3.63) is 118 Å². The second-order valence-corrected chi connectivity index (χ2v) is 9.39. The molecule has 0 aliphatic rings. The molecule has 0 saturated heterocycles. The number of nitrogens with one attached hydrogen (secondary N) is 2. The number of aromatic hydroxyl groups is 1. The number of fused-ring (bicyclic) bond motifs is 1. The molecule has 1 atom stereocenters. The average Bonchev–Trinajstić information content (AvgIpc) is 3.29. The molecule has 188 valence electrons. The lowest BCUT2D eigenvalue weighted by Crippen LogP contribution is -2.32. The molecule has 1 amide bonds. The molecular weight excluding hydrogens is 503 g/mol. The molecule has 5 aromatic rings. The molecule has 3 N–H and O–H groups in total. The molecule has 0 spiro atoms. The highest BCUT2D eigenvalue weighted by molar-refractivity contribution is 6.30. The van der Waals surface area contributed by atoms with Crippen LogP contribution in [0.25, 0.3) is 22.0 Å². The maximum atomic E-state index is 14.2. The van der Waals surface area contributed by atoms with E-state index in [0.29, 0.717) is 16.8 Å². The minimum absolute atomic E-state index is 0.0515. The minimum atomic E-state index is -0.624. The summed E-state index contributed by atoms with van der Waals surface area (Å²) in [6, 6.07) is 21.5. The number of aromatic nitrogens is 2. The first-order valence-electron chi connectivity index (χ1n) is 11.9. The van der Waals surface area contributed by atoms with Crippen molar-refractivity contribution in [2.24, 2.45) is 0 Å². The van der Waals surface area contributed by atoms with Crippen LogP contribution < -0.4 is 5.32 Å². The zero-order valence-corrected chi connectivity index (χ0v) is 20.8. The van der Waals surface area contributed by atoms with Crippen molar-refractivity contribution in [1.29, 1.82) is 5.26 Å². The predicted molar refractivity (Wildman–Crippen MR) is 144 cm³/mol. The number of H-pyrrole nitrogens is 1. The number of carbonyl (C=O) groups is 1. The molecule has 3 aromatic carbocycles. The van der Waals surface area contributed by atoms with Crippen molar-refractivity contribution in [2.45, 2.75) is 18.9 Å². The quantitative estimate of drug-likeness (QED) is 0.234. The molecule has 0 aliphatic carbocycles. The smallest absolute Gasteiger partial charge is 0.225 e. The molecular formula is C30H22ClFN4O2. The number of phenolic OH excluding ortho intramolecular Hbond substituents is 1. The van der Waals surface area contributed by atoms with E-state index in [1.807, 2.05) is 12.1 Å². The average molecular weight is 525 g/mol. The van der Waals surface area contributed by atoms with Gasteiger partial charge in [-0.25, -0.2) is 4.39 Å². The summed E-state index contributed by atoms with van der Waals surface area (Å²) < 4.78 is 14.2. The summed E-state index contributed by atoms with van der Waals surface area (Å²) in [5.74, 6) is -0.638. The van der Waals surface area contributed by atoms with Crippen LogP contribution in [0.15, 0.2) is 85.2 Å². The predicted octanol–water partition coefficient (Wildman–Crippen LogP) is 6.24. The van der Waals surface area contributed by atoms with Gasteiger partial charge < -0.3 is 15.4 Å². The van der Waals surface area contributed by atoms with Crippen molar-refractivity contribution in [2.75, 3.05) is 0 Å². The Kier molecular flexibility index (Phi) is 7.07. The number of halogens is 2. The Balaban J connectivity index is 1.51. The molecule has 6 nitrogen and oxygen atoms in total. The van der Waals surface area contributed by atoms with Crippen molar-refractivity contribution >= 4 is 28.4 Å². The first-order chi connectivity index (χ1) is 18.4. The molecule has 0 aliphatic heterocycles. The summed E-state index contributed by atoms with van der Waals surface area (Å²) in [5.41, 5.74) is 4.72. The number of benzene rings is 3. The fourth-order valence-electron chi connectivity index (χ4n) is 4.61. The van der Waals surface area contributed by atoms with Crippen LogP contribution in [0, 0.1) is 17.1 Å². The zero-order chi connectivity index (χ0) is 26.6. The van der Waals surface area contributed by atoms with Crippen molar-refractivity contribution in [3.8, 4) is 22.9 Å². The van der Waals surface area contributed by atoms with E-state index in [0.717, 1.165) is 27.6 Å². The van der Waals surface area contributed by atoms with Gasteiger partial charge in [-0.3, -0.25) is 9.78 Å². The number of aromatic amines is 1. The maximum absolute atomic E-state index is 14.2. The molecule has 0 bridgehead atoms. The Labute approximate surface area is 223 Å². The Hall–Kier alpha value is -4.67. The van der Waals surface area contributed by atoms with Gasteiger partial charge in [-0.2, -0.15) is 5.26 Å². The molecule has 0 fully saturated rings. The summed E-state index contributed by atoms with van der Waals surface area (Å²) >= 11 is 6.11. The van der Waals surface area contributed by atoms with Crippen molar-refractivity contribution < 1.29 is 14.3 Å². The third-order valence-corrected chi connectivity index (χ3v) is 6.49. The van der Waals surface area contributed by atoms with Crippen LogP contribution in [0.3, 0.4) is 0 Å². The Morgan fingerprint density at radius 3 is 2.82 bits per heavy atom. The van der Waals surface area contributed by atoms with Crippen LogP contribution in [-0.4, -0.2) is 21.0 Å². The number of hydrogen-bond acceptors (Lipinski definition) is 4. The summed E-state index contributed by atoms with van der Waals surface area (Å²) in [6.45, 7) is 0. The van der Waals surface area contributed by atoms with Crippen molar-refractivity contribution in [1.82, 2.24) is 15.3 Å². The van der Waals surface area contributed by atoms with Crippen LogP contribution in [0.1, 0.15) is 28.4 Å². The maximum Gasteiger partial charge on any atom is 0.225 e. The number of nitrogens with zero attached hydrogens (tertiary/aromatic N) is 2. The number of pyridine rings is 1. The van der Waals surface area contributed by atoms with Crippen LogP contribution in [0.5, 0.6) is 5.75 Å². The van der Waals surface area contributed by atoms with Crippen LogP contribution >= 0.6 is 11.6 Å². The van der Waals surface area contributed by atoms with Gasteiger partial charge in [-0.15, -0.1) is 0 Å². The topological polar surface area (TPSA) is 102 Å². The van der Waals surface area contributed by atoms with E-state index in [-0.39, 0.29) is 29.5 Å². The van der Waals surface area contributed by atoms with Crippen LogP contribution in [0.2, 0.25) is 5.02 Å². The number of phenols is 1. The monoisotopic (exact) mass is 524 g/mol. The lowest BCUT2D eigenvalue weighted by atomic mass is 9.94. The highest BCUT2D eigenvalue weighted by Gasteiger charge is 2.22. The van der Waals surface area contributed by atoms with Gasteiger partial charge in [0.05, 0.1) is 29.8 Å². The van der Waals surface area contributed by atoms with Gasteiger partial charge in [0.1, 0.15) is 11.6 Å². The van der Waals surface area contributed by atoms with E-state index >= 15 is 0 Å². The van der Waals surface area contributed by atoms with Gasteiger partial charge in [0.2, 0.25) is 5.91 Å². The number of carbonyl (C=O) groups excluding carboxylic acids is 1. The van der Waals surface area contributed by atoms with Gasteiger partial charge >= 0.3 is 0 Å². The third-order valence-electron chi connectivity index (χ3n) is 6.27. The molecule has 2 aromatic heterocycles. The minimum Gasteiger partial charge on any atom is -0.508 e. The largest absolute Gasteiger partial charge is 0.508 e. The van der Waals surface area contributed by atoms with Crippen molar-refractivity contribution in [3.63, 3.8) is 0 Å². The Bertz CT molecular complexity index is 1670. The van der Waals surface area contributed by atoms with Crippen LogP contribution in [0.4, 0.5) is 4.39 Å². The molecule has 1 unspecified atom stereocenters. The molecule has 2 heterocycles. The second kappa shape index (κ2) is 10.8. The highest BCUT2D eigenvalue weighted by Crippen LogP contribution is 2.30. The third kappa shape index (κ3) is 5.51. The summed E-state index contributed by atoms with van der Waals surface area (Å²) in [4.78, 5) is 21.0. The summed E-state index contributed by atoms with van der Waals surface area (Å²) in [7, 11) is 0. The molecule has 0 radical (unpaired) electrons. The highest BCUT2D eigenvalue weighted by atomic mass is 35.5. The molecule has 8 heteroatoms. The number of nitriles is 1. The fraction of sp³-hybridized carbons (Fsp3) is 0.100.